The van der Waals surface area contributed by atoms with E-state index in [1.165, 1.54) is 18.1 Å². The summed E-state index contributed by atoms with van der Waals surface area (Å²) in [6.07, 6.45) is 10.1. The number of thiocarbonyl (C=S) groups is 1. The van der Waals surface area contributed by atoms with Crippen LogP contribution in [-0.4, -0.2) is 188 Å². The number of hydrogen-bond donors (Lipinski definition) is 5. The molecule has 6 N–H and O–H groups in total. The van der Waals surface area contributed by atoms with Gasteiger partial charge in [0, 0.05) is 129 Å². The van der Waals surface area contributed by atoms with E-state index in [-0.39, 0.29) is 69.7 Å². The highest BCUT2D eigenvalue weighted by atomic mass is 32.2. The number of carbonyl (C=O) groups is 3. The van der Waals surface area contributed by atoms with Crippen LogP contribution in [0.2, 0.25) is 0 Å². The van der Waals surface area contributed by atoms with Crippen LogP contribution < -0.4 is 30.3 Å². The van der Waals surface area contributed by atoms with E-state index >= 15 is 0 Å². The van der Waals surface area contributed by atoms with Gasteiger partial charge in [0.1, 0.15) is 33.1 Å². The third-order valence-electron chi connectivity index (χ3n) is 19.4. The van der Waals surface area contributed by atoms with E-state index in [0.29, 0.717) is 6.42 Å². The van der Waals surface area contributed by atoms with Crippen molar-refractivity contribution < 1.29 is 43.9 Å². The second-order valence-corrected chi connectivity index (χ2v) is 27.0. The van der Waals surface area contributed by atoms with E-state index in [2.05, 4.69) is 81.3 Å². The quantitative estimate of drug-likeness (QED) is 0.0944. The topological polar surface area (TPSA) is 194 Å². The van der Waals surface area contributed by atoms with Gasteiger partial charge in [-0.3, -0.25) is 29.1 Å². The summed E-state index contributed by atoms with van der Waals surface area (Å²) < 4.78 is 17.9. The average molecular weight is 1130 g/mol. The Balaban J connectivity index is 0.000000189. The van der Waals surface area contributed by atoms with E-state index in [0.717, 1.165) is 84.9 Å². The number of amides is 2. The number of thioether (sulfide) groups is 1. The van der Waals surface area contributed by atoms with Crippen molar-refractivity contribution in [2.45, 2.75) is 154 Å². The molecule has 2 aromatic carbocycles. The highest BCUT2D eigenvalue weighted by molar-refractivity contribution is 8.23. The van der Waals surface area contributed by atoms with Gasteiger partial charge < -0.3 is 50.4 Å². The maximum atomic E-state index is 13.1. The number of rotatable bonds is 8. The maximum Gasteiger partial charge on any atom is 0.303 e. The second-order valence-electron chi connectivity index (χ2n) is 25.2. The first kappa shape index (κ1) is 62.4. The number of esters is 1. The Kier molecular flexibility index (Phi) is 17.3. The van der Waals surface area contributed by atoms with Crippen molar-refractivity contribution in [1.29, 1.82) is 0 Å². The van der Waals surface area contributed by atoms with Crippen molar-refractivity contribution in [1.82, 2.24) is 20.0 Å². The van der Waals surface area contributed by atoms with Crippen LogP contribution in [-0.2, 0) is 30.0 Å². The number of ether oxygens (including phenoxy) is 3. The Morgan fingerprint density at radius 2 is 1.25 bits per heavy atom. The molecule has 16 nitrogen and oxygen atoms in total. The minimum atomic E-state index is -1.56. The fourth-order valence-corrected chi connectivity index (χ4v) is 17.6. The molecule has 7 aliphatic heterocycles. The van der Waals surface area contributed by atoms with E-state index in [1.807, 2.05) is 73.8 Å². The van der Waals surface area contributed by atoms with Crippen molar-refractivity contribution in [3.8, 4) is 11.5 Å². The van der Waals surface area contributed by atoms with Crippen LogP contribution in [0.5, 0.6) is 11.5 Å². The molecule has 9 aliphatic rings. The molecule has 0 aromatic heterocycles. The third-order valence-corrected chi connectivity index (χ3v) is 20.8. The standard InChI is InChI=1S/C29H41N3O5.C22H31N3O3.C8H13NOS2.CH4.B/c1-8-27-12-9-14-32-15-13-28(22(27)32)20-11-10-19(36-7)16-21(20)31(6)23(28)29(35,24(27)37-18(2)33)17-30-25(34)26(3,4)5;1-4-20-8-5-10-25-11-9-21(17(20)25)15-7-6-14(28-3)12-16(15)24(2)18(21)22(27,13-23)19(20)26;1-8(2,3)6(10)9-4-5-12-7(9)11;;/h9-12,16,22-24,35H,8,13-15,17H2,1-7H3,(H,30,34);5-8,12,17-19,26-27H,4,9-11,13,23H2,1-3H3;4-5H2,1-3H3;1H4;/t22-,23+,24+,27+,28+,29-;17-,18+,19+,20+,21+,22-;;;/m00.../s1. The van der Waals surface area contributed by atoms with E-state index in [9.17, 15) is 29.7 Å². The summed E-state index contributed by atoms with van der Waals surface area (Å²) in [5, 5.41) is 39.6. The third kappa shape index (κ3) is 9.07. The molecule has 2 spiro atoms. The molecule has 0 unspecified atom stereocenters. The Labute approximate surface area is 481 Å². The van der Waals surface area contributed by atoms with Crippen LogP contribution in [0.3, 0.4) is 0 Å². The van der Waals surface area contributed by atoms with Crippen molar-refractivity contribution in [3.05, 3.63) is 71.8 Å². The molecule has 11 rings (SSSR count). The summed E-state index contributed by atoms with van der Waals surface area (Å²) in [4.78, 5) is 48.3. The fraction of sp³-hybridized carbons (Fsp3) is 0.667. The number of aliphatic hydroxyl groups is 3. The average Bonchev–Trinajstić information content (AvgIpc) is 4.10. The number of anilines is 2. The summed E-state index contributed by atoms with van der Waals surface area (Å²) in [7, 11) is 7.35. The Morgan fingerprint density at radius 1 is 0.772 bits per heavy atom. The number of benzene rings is 2. The van der Waals surface area contributed by atoms with Gasteiger partial charge in [-0.2, -0.15) is 0 Å². The smallest absolute Gasteiger partial charge is 0.303 e. The molecule has 5 fully saturated rings. The molecule has 2 saturated carbocycles. The SMILES string of the molecule is C.CC(C)(C)C(=O)N1CCSC1=S.CC[C@]12C=CCN3CC[C@@]4(c5ccc(OC)cc5N(C)[C@H]4[C@@](O)(CN)[C@@H]1O)[C@@H]32.CC[C@]12C=CCN3CC[C@@]4(c5ccc(OC)cc5N(C)[C@H]4[C@@](O)(CNC(=O)C(C)(C)C)[C@@H]1OC(C)=O)[C@@H]32.[B]. The molecule has 433 valence electrons. The van der Waals surface area contributed by atoms with Gasteiger partial charge in [-0.1, -0.05) is 123 Å². The predicted octanol–water partition coefficient (Wildman–Crippen LogP) is 5.63. The monoisotopic (exact) mass is 1130 g/mol. The zero-order valence-electron chi connectivity index (χ0n) is 48.2. The molecule has 7 heterocycles. The lowest BCUT2D eigenvalue weighted by atomic mass is 9.47. The number of nitrogens with two attached hydrogens (primary N) is 1. The number of fused-ring (bicyclic) bond motifs is 2. The molecule has 3 saturated heterocycles. The molecule has 3 radical (unpaired) electrons. The van der Waals surface area contributed by atoms with Gasteiger partial charge in [0.2, 0.25) is 11.8 Å². The fourth-order valence-electron chi connectivity index (χ4n) is 16.4. The van der Waals surface area contributed by atoms with Crippen molar-refractivity contribution >= 4 is 65.9 Å². The van der Waals surface area contributed by atoms with Crippen molar-refractivity contribution in [3.63, 3.8) is 0 Å². The van der Waals surface area contributed by atoms with Gasteiger partial charge in [0.25, 0.3) is 0 Å². The molecule has 2 amide bonds. The van der Waals surface area contributed by atoms with Crippen LogP contribution in [0.4, 0.5) is 11.4 Å². The molecule has 2 aliphatic carbocycles. The normalized spacial score (nSPS) is 35.2. The van der Waals surface area contributed by atoms with Gasteiger partial charge in [0.15, 0.2) is 0 Å². The summed E-state index contributed by atoms with van der Waals surface area (Å²) in [5.74, 6) is 2.04. The summed E-state index contributed by atoms with van der Waals surface area (Å²) in [5.41, 5.74) is 4.99. The maximum absolute atomic E-state index is 13.1. The summed E-state index contributed by atoms with van der Waals surface area (Å²) >= 11 is 6.64. The lowest BCUT2D eigenvalue weighted by molar-refractivity contribution is -0.217. The summed E-state index contributed by atoms with van der Waals surface area (Å²) in [6, 6.07) is 11.9. The van der Waals surface area contributed by atoms with E-state index in [4.69, 9.17) is 32.2 Å². The number of aliphatic hydroxyl groups excluding tert-OH is 1. The van der Waals surface area contributed by atoms with Crippen LogP contribution >= 0.6 is 24.0 Å². The van der Waals surface area contributed by atoms with E-state index in [1.54, 1.807) is 30.9 Å². The molecule has 19 heteroatoms. The lowest BCUT2D eigenvalue weighted by Gasteiger charge is -2.64. The van der Waals surface area contributed by atoms with Gasteiger partial charge in [0.05, 0.1) is 39.0 Å². The highest BCUT2D eigenvalue weighted by Crippen LogP contribution is 2.69. The molecule has 0 bridgehead atoms. The number of nitrogens with zero attached hydrogens (tertiary/aromatic N) is 5. The second kappa shape index (κ2) is 21.8. The number of carbonyl (C=O) groups excluding carboxylic acids is 3. The first-order chi connectivity index (χ1) is 36.2. The van der Waals surface area contributed by atoms with Crippen molar-refractivity contribution in [2.75, 3.05) is 89.7 Å². The molecule has 79 heavy (non-hydrogen) atoms. The van der Waals surface area contributed by atoms with Gasteiger partial charge >= 0.3 is 5.97 Å². The van der Waals surface area contributed by atoms with Crippen LogP contribution in [0.25, 0.3) is 0 Å². The van der Waals surface area contributed by atoms with Gasteiger partial charge in [-0.25, -0.2) is 0 Å². The van der Waals surface area contributed by atoms with Gasteiger partial charge in [-0.05, 0) is 62.0 Å². The summed E-state index contributed by atoms with van der Waals surface area (Å²) in [6.45, 7) is 21.3. The Morgan fingerprint density at radius 3 is 1.67 bits per heavy atom. The zero-order valence-corrected chi connectivity index (χ0v) is 49.9. The van der Waals surface area contributed by atoms with Crippen LogP contribution in [0.1, 0.15) is 107 Å². The number of methoxy groups -OCH3 is 2. The molecule has 2 aromatic rings. The van der Waals surface area contributed by atoms with Gasteiger partial charge in [-0.15, -0.1) is 0 Å². The first-order valence-corrected chi connectivity index (χ1v) is 29.0. The Hall–Kier alpha value is -4.21. The number of hydrogen-bond acceptors (Lipinski definition) is 16. The molecule has 12 atom stereocenters. The number of nitrogens with one attached hydrogen (secondary N) is 1. The van der Waals surface area contributed by atoms with Crippen LogP contribution in [0.15, 0.2) is 60.7 Å². The first-order valence-electron chi connectivity index (χ1n) is 27.6. The minimum absolute atomic E-state index is 0. The predicted molar refractivity (Wildman–Crippen MR) is 319 cm³/mol. The minimum Gasteiger partial charge on any atom is -0.497 e. The number of likely N-dealkylation sites (N-methyl/N-ethyl adjacent to an activating group) is 2. The molecular weight excluding hydrogens is 1040 g/mol. The zero-order chi connectivity index (χ0) is 56.2. The molecular formula is C60H89BN7O9S2. The van der Waals surface area contributed by atoms with Crippen molar-refractivity contribution in [2.24, 2.45) is 27.4 Å². The van der Waals surface area contributed by atoms with Crippen LogP contribution in [0, 0.1) is 21.7 Å². The van der Waals surface area contributed by atoms with E-state index < -0.39 is 57.1 Å². The Bertz CT molecular complexity index is 2740. The highest BCUT2D eigenvalue weighted by Gasteiger charge is 2.79. The largest absolute Gasteiger partial charge is 0.497 e. The lowest BCUT2D eigenvalue weighted by Crippen LogP contribution is -2.81.